The lowest BCUT2D eigenvalue weighted by Gasteiger charge is -2.17. The topological polar surface area (TPSA) is 49.3 Å². The summed E-state index contributed by atoms with van der Waals surface area (Å²) < 4.78 is 0. The van der Waals surface area contributed by atoms with Gasteiger partial charge in [0, 0.05) is 12.6 Å². The van der Waals surface area contributed by atoms with E-state index in [9.17, 15) is 9.90 Å². The maximum Gasteiger partial charge on any atom is 0.235 e. The minimum Gasteiger partial charge on any atom is -0.504 e. The lowest BCUT2D eigenvalue weighted by molar-refractivity contribution is -0.114. The molecule has 0 unspecified atom stereocenters. The SMILES string of the molecule is C/C=C\C=C1\C=C(O)C(=O)C(SC)=C1NC. The molecular formula is C12H15NO2S. The van der Waals surface area contributed by atoms with E-state index in [4.69, 9.17) is 0 Å². The molecule has 86 valence electrons. The number of hydrogen-bond acceptors (Lipinski definition) is 4. The van der Waals surface area contributed by atoms with Gasteiger partial charge < -0.3 is 10.4 Å². The molecule has 4 heteroatoms. The Bertz CT molecular complexity index is 417. The summed E-state index contributed by atoms with van der Waals surface area (Å²) in [6.07, 6.45) is 8.90. The zero-order chi connectivity index (χ0) is 12.1. The smallest absolute Gasteiger partial charge is 0.235 e. The molecule has 0 radical (unpaired) electrons. The monoisotopic (exact) mass is 237 g/mol. The van der Waals surface area contributed by atoms with E-state index in [1.54, 1.807) is 7.05 Å². The van der Waals surface area contributed by atoms with Crippen molar-refractivity contribution in [2.24, 2.45) is 0 Å². The summed E-state index contributed by atoms with van der Waals surface area (Å²) >= 11 is 1.33. The summed E-state index contributed by atoms with van der Waals surface area (Å²) in [4.78, 5) is 12.2. The first-order chi connectivity index (χ1) is 7.65. The van der Waals surface area contributed by atoms with Crippen LogP contribution in [0.4, 0.5) is 0 Å². The highest BCUT2D eigenvalue weighted by Crippen LogP contribution is 2.29. The molecular weight excluding hydrogens is 222 g/mol. The van der Waals surface area contributed by atoms with E-state index in [1.807, 2.05) is 31.4 Å². The maximum absolute atomic E-state index is 11.7. The van der Waals surface area contributed by atoms with Crippen LogP contribution in [0.1, 0.15) is 6.92 Å². The minimum atomic E-state index is -0.325. The van der Waals surface area contributed by atoms with E-state index in [-0.39, 0.29) is 11.5 Å². The number of carbonyl (C=O) groups is 1. The van der Waals surface area contributed by atoms with Crippen molar-refractivity contribution in [2.75, 3.05) is 13.3 Å². The molecule has 0 saturated carbocycles. The van der Waals surface area contributed by atoms with Crippen molar-refractivity contribution in [1.82, 2.24) is 5.32 Å². The molecule has 1 aliphatic carbocycles. The number of hydrogen-bond donors (Lipinski definition) is 2. The van der Waals surface area contributed by atoms with Gasteiger partial charge in [-0.2, -0.15) is 0 Å². The van der Waals surface area contributed by atoms with Crippen LogP contribution < -0.4 is 5.32 Å². The molecule has 0 fully saturated rings. The van der Waals surface area contributed by atoms with Gasteiger partial charge in [-0.25, -0.2) is 0 Å². The number of likely N-dealkylation sites (N-methyl/N-ethyl adjacent to an activating group) is 1. The molecule has 2 N–H and O–H groups in total. The van der Waals surface area contributed by atoms with E-state index >= 15 is 0 Å². The third-order valence-electron chi connectivity index (χ3n) is 2.17. The molecule has 16 heavy (non-hydrogen) atoms. The van der Waals surface area contributed by atoms with E-state index in [0.29, 0.717) is 4.91 Å². The van der Waals surface area contributed by atoms with Crippen LogP contribution in [0.3, 0.4) is 0 Å². The van der Waals surface area contributed by atoms with Gasteiger partial charge in [0.1, 0.15) is 0 Å². The Labute approximate surface area is 99.6 Å². The van der Waals surface area contributed by atoms with E-state index in [0.717, 1.165) is 11.3 Å². The molecule has 0 aromatic heterocycles. The highest BCUT2D eigenvalue weighted by atomic mass is 32.2. The second kappa shape index (κ2) is 5.61. The zero-order valence-corrected chi connectivity index (χ0v) is 10.4. The van der Waals surface area contributed by atoms with Gasteiger partial charge in [-0.15, -0.1) is 11.8 Å². The molecule has 0 aromatic rings. The van der Waals surface area contributed by atoms with Gasteiger partial charge >= 0.3 is 0 Å². The molecule has 0 aliphatic heterocycles. The molecule has 0 spiro atoms. The van der Waals surface area contributed by atoms with Crippen molar-refractivity contribution >= 4 is 17.5 Å². The summed E-state index contributed by atoms with van der Waals surface area (Å²) in [5, 5.41) is 12.5. The van der Waals surface area contributed by atoms with Crippen LogP contribution >= 0.6 is 11.8 Å². The van der Waals surface area contributed by atoms with Crippen molar-refractivity contribution in [2.45, 2.75) is 6.92 Å². The predicted octanol–water partition coefficient (Wildman–Crippen LogP) is 2.31. The van der Waals surface area contributed by atoms with E-state index in [1.165, 1.54) is 17.8 Å². The molecule has 0 aromatic carbocycles. The number of carbonyl (C=O) groups excluding carboxylic acids is 1. The minimum absolute atomic E-state index is 0.209. The number of nitrogens with one attached hydrogen (secondary N) is 1. The number of aliphatic hydroxyl groups is 1. The molecule has 1 rings (SSSR count). The van der Waals surface area contributed by atoms with Crippen LogP contribution in [0.5, 0.6) is 0 Å². The third kappa shape index (κ3) is 2.39. The Morgan fingerprint density at radius 2 is 2.19 bits per heavy atom. The number of rotatable bonds is 3. The van der Waals surface area contributed by atoms with Crippen LogP contribution in [0.15, 0.2) is 46.2 Å². The van der Waals surface area contributed by atoms with Gasteiger partial charge in [-0.3, -0.25) is 4.79 Å². The Hall–Kier alpha value is -1.42. The van der Waals surface area contributed by atoms with E-state index in [2.05, 4.69) is 5.32 Å². The molecule has 0 saturated heterocycles. The highest BCUT2D eigenvalue weighted by Gasteiger charge is 2.24. The number of Topliss-reactive ketones (excluding diaryl/α,β-unsaturated/α-hetero) is 1. The van der Waals surface area contributed by atoms with Crippen molar-refractivity contribution in [3.63, 3.8) is 0 Å². The predicted molar refractivity (Wildman–Crippen MR) is 68.2 cm³/mol. The quantitative estimate of drug-likeness (QED) is 0.791. The summed E-state index contributed by atoms with van der Waals surface area (Å²) in [5.74, 6) is -0.534. The van der Waals surface area contributed by atoms with Crippen LogP contribution in [0.2, 0.25) is 0 Å². The first-order valence-electron chi connectivity index (χ1n) is 4.90. The van der Waals surface area contributed by atoms with Gasteiger partial charge in [0.05, 0.1) is 10.6 Å². The van der Waals surface area contributed by atoms with Gasteiger partial charge in [-0.1, -0.05) is 18.2 Å². The van der Waals surface area contributed by atoms with Gasteiger partial charge in [0.25, 0.3) is 0 Å². The molecule has 1 aliphatic rings. The highest BCUT2D eigenvalue weighted by molar-refractivity contribution is 8.03. The number of thioether (sulfide) groups is 1. The Morgan fingerprint density at radius 1 is 1.50 bits per heavy atom. The number of ketones is 1. The first-order valence-corrected chi connectivity index (χ1v) is 6.12. The average molecular weight is 237 g/mol. The Balaban J connectivity index is 3.28. The van der Waals surface area contributed by atoms with Crippen LogP contribution in [0.25, 0.3) is 0 Å². The summed E-state index contributed by atoms with van der Waals surface area (Å²) in [7, 11) is 1.76. The Morgan fingerprint density at radius 3 is 2.69 bits per heavy atom. The second-order valence-corrected chi connectivity index (χ2v) is 3.98. The number of allylic oxidation sites excluding steroid dienone is 5. The molecule has 0 heterocycles. The summed E-state index contributed by atoms with van der Waals surface area (Å²) in [6.45, 7) is 1.91. The van der Waals surface area contributed by atoms with Crippen LogP contribution in [-0.4, -0.2) is 24.2 Å². The molecule has 0 atom stereocenters. The van der Waals surface area contributed by atoms with Crippen molar-refractivity contribution < 1.29 is 9.90 Å². The first kappa shape index (κ1) is 12.6. The lowest BCUT2D eigenvalue weighted by atomic mass is 10.0. The zero-order valence-electron chi connectivity index (χ0n) is 9.57. The standard InChI is InChI=1S/C12H15NO2S/c1-4-5-6-8-7-9(14)11(15)12(16-3)10(8)13-2/h4-7,13-14H,1-3H3/b5-4-,8-6-. The van der Waals surface area contributed by atoms with Gasteiger partial charge in [0.2, 0.25) is 5.78 Å². The number of aliphatic hydroxyl groups excluding tert-OH is 1. The van der Waals surface area contributed by atoms with Crippen LogP contribution in [0, 0.1) is 0 Å². The largest absolute Gasteiger partial charge is 0.504 e. The van der Waals surface area contributed by atoms with Crippen LogP contribution in [-0.2, 0) is 4.79 Å². The lowest BCUT2D eigenvalue weighted by Crippen LogP contribution is -2.20. The maximum atomic E-state index is 11.7. The molecule has 0 amide bonds. The van der Waals surface area contributed by atoms with Gasteiger partial charge in [-0.05, 0) is 19.3 Å². The average Bonchev–Trinajstić information content (AvgIpc) is 2.29. The van der Waals surface area contributed by atoms with Gasteiger partial charge in [0.15, 0.2) is 5.76 Å². The fourth-order valence-corrected chi connectivity index (χ4v) is 2.14. The molecule has 3 nitrogen and oxygen atoms in total. The van der Waals surface area contributed by atoms with Crippen molar-refractivity contribution in [3.05, 3.63) is 46.2 Å². The fourth-order valence-electron chi connectivity index (χ4n) is 1.43. The summed E-state index contributed by atoms with van der Waals surface area (Å²) in [6, 6.07) is 0. The van der Waals surface area contributed by atoms with Crippen molar-refractivity contribution in [3.8, 4) is 0 Å². The third-order valence-corrected chi connectivity index (χ3v) is 2.97. The Kier molecular flexibility index (Phi) is 4.43. The summed E-state index contributed by atoms with van der Waals surface area (Å²) in [5.41, 5.74) is 1.57. The van der Waals surface area contributed by atoms with E-state index < -0.39 is 0 Å². The normalized spacial score (nSPS) is 19.6. The second-order valence-electron chi connectivity index (χ2n) is 3.16. The molecule has 0 bridgehead atoms. The fraction of sp³-hybridized carbons (Fsp3) is 0.250. The van der Waals surface area contributed by atoms with Crippen molar-refractivity contribution in [1.29, 1.82) is 0 Å².